The molecule has 19 heterocycles. The van der Waals surface area contributed by atoms with Crippen molar-refractivity contribution in [1.82, 2.24) is 83.0 Å². The number of carbonyl (C=O) groups excluding carboxylic acids is 1. The van der Waals surface area contributed by atoms with Gasteiger partial charge in [0.15, 0.2) is 45.9 Å². The van der Waals surface area contributed by atoms with E-state index in [2.05, 4.69) is 171 Å². The number of hydrogen-bond acceptors (Lipinski definition) is 31. The summed E-state index contributed by atoms with van der Waals surface area (Å²) in [6.45, 7) is 19.0. The van der Waals surface area contributed by atoms with Gasteiger partial charge in [-0.05, 0) is 159 Å². The molecule has 25 rings (SSSR count). The van der Waals surface area contributed by atoms with Gasteiger partial charge in [-0.3, -0.25) is 9.69 Å². The van der Waals surface area contributed by atoms with Crippen LogP contribution < -0.4 is 75.2 Å². The summed E-state index contributed by atoms with van der Waals surface area (Å²) in [5.41, 5.74) is 22.1. The lowest BCUT2D eigenvalue weighted by Crippen LogP contribution is -2.58. The number of rotatable bonds is 18. The summed E-state index contributed by atoms with van der Waals surface area (Å²) < 4.78 is 58.7. The van der Waals surface area contributed by atoms with Gasteiger partial charge < -0.3 is 117 Å². The number of ether oxygens (including phenoxy) is 9. The number of nitrogens with zero attached hydrogens (tertiary/aromatic N) is 19. The Morgan fingerprint density at radius 1 is 0.424 bits per heavy atom. The Morgan fingerprint density at radius 2 is 0.892 bits per heavy atom. The van der Waals surface area contributed by atoms with Gasteiger partial charge in [-0.1, -0.05) is 0 Å². The minimum Gasteiger partial charge on any atom is -0.495 e. The van der Waals surface area contributed by atoms with Crippen LogP contribution in [-0.4, -0.2) is 260 Å². The second-order valence-electron chi connectivity index (χ2n) is 35.0. The molecular formula is C103H107N25O11. The van der Waals surface area contributed by atoms with Crippen LogP contribution in [0.4, 0.5) is 68.8 Å². The molecule has 1 unspecified atom stereocenters. The molecule has 139 heavy (non-hydrogen) atoms. The third kappa shape index (κ3) is 19.9. The predicted molar refractivity (Wildman–Crippen MR) is 531 cm³/mol. The number of anilines is 12. The number of aryl methyl sites for hydroxylation is 2. The van der Waals surface area contributed by atoms with E-state index in [1.807, 2.05) is 134 Å². The summed E-state index contributed by atoms with van der Waals surface area (Å²) >= 11 is 0. The number of morpholine rings is 4. The van der Waals surface area contributed by atoms with Crippen LogP contribution in [0.1, 0.15) is 39.9 Å². The number of aromatic nitrogens is 14. The van der Waals surface area contributed by atoms with Gasteiger partial charge in [0, 0.05) is 244 Å². The second kappa shape index (κ2) is 40.9. The molecule has 2 atom stereocenters. The Morgan fingerprint density at radius 3 is 1.43 bits per heavy atom. The van der Waals surface area contributed by atoms with E-state index in [1.165, 1.54) is 11.4 Å². The minimum atomic E-state index is -0.142. The van der Waals surface area contributed by atoms with Crippen molar-refractivity contribution in [2.24, 2.45) is 0 Å². The standard InChI is InChI=1S/C28H31N7O3.C25H24N6O3.C25H26N6O3.C25H26N6O2/c1-36-25-14-21(4-5-24(25)34-9-8-33-10-12-37-18-22(33)16-34)31-26-27-29-6-7-35(27)17-23(32-26)20-13-19-3-2-11-38-28(19)30-15-20;32-25-20-15-17(1-6-22(20)34-12-8-27-25)21-16-31-9-7-26-24(31)23(29-21)28-18-2-4-19(5-3-18)30-10-13-33-14-11-30;32-15-21-16-33-11-9-31(21)20-5-3-19(4-6-20)28-23-24-26-7-8-30(24)14-22(29-23)18-12-17-2-1-10-34-25(17)27-13-18;1-6-23-19(16-26-8-12-33-23)15-18(1)22-17-31-9-7-27-25(31)24(29-22)28-20-2-4-21(5-3-20)30-10-13-32-14-11-30/h4-7,13-15,17,22H,2-3,8-12,16,18H2,1H3,(H,31,32);1-7,9,15-16H,8,10-14H2,(H,27,32)(H,28,29);3-8,12-14,21,32H,1-2,9-11,15-16H2,(H,28,29);1-7,9,15,17,26H,8,10-14,16H2,(H,28,29)/t;;21-;/m..1./s1. The van der Waals surface area contributed by atoms with Gasteiger partial charge in [-0.15, -0.1) is 0 Å². The molecule has 36 nitrogen and oxygen atoms in total. The zero-order valence-electron chi connectivity index (χ0n) is 77.0. The van der Waals surface area contributed by atoms with Crippen LogP contribution in [0.5, 0.6) is 29.0 Å². The Bertz CT molecular complexity index is 7050. The number of hydrogen-bond donors (Lipinski definition) is 7. The average molecular weight is 1870 g/mol. The molecule has 9 aliphatic heterocycles. The van der Waals surface area contributed by atoms with Crippen molar-refractivity contribution in [2.45, 2.75) is 44.3 Å². The van der Waals surface area contributed by atoms with Crippen molar-refractivity contribution in [1.29, 1.82) is 0 Å². The number of aliphatic hydroxyl groups is 1. The first-order chi connectivity index (χ1) is 68.6. The Balaban J connectivity index is 0.000000107. The SMILES string of the molecule is COc1cc(Nc2nc(-c3cnc4c(c3)CCCO4)cn3ccnc23)ccc1N1CCN2CCOCC2C1.O=C1NCCOc2ccc(-c3cn4ccnc4c(Nc4ccc(N5CCOCC5)cc4)n3)cc21.OC[C@@H]1COCCN1c1ccc(Nc2nc(-c3cnc4c(c3)CCCO4)cn3ccnc23)cc1.c1cn2cc(-c3ccc4c(c3)CNCCO4)nc(Nc3ccc(N4CCOCC4)cc3)c2n1. The first kappa shape index (κ1) is 88.9. The van der Waals surface area contributed by atoms with Crippen molar-refractivity contribution >= 4 is 97.3 Å². The fourth-order valence-corrected chi connectivity index (χ4v) is 18.8. The lowest BCUT2D eigenvalue weighted by Gasteiger charge is -2.44. The highest BCUT2D eigenvalue weighted by Gasteiger charge is 2.33. The lowest BCUT2D eigenvalue weighted by atomic mass is 10.1. The van der Waals surface area contributed by atoms with Crippen molar-refractivity contribution < 1.29 is 52.5 Å². The molecule has 5 saturated heterocycles. The average Bonchev–Trinajstić information content (AvgIpc) is 1.76. The van der Waals surface area contributed by atoms with Crippen LogP contribution >= 0.6 is 0 Å². The van der Waals surface area contributed by atoms with E-state index >= 15 is 0 Å². The quantitative estimate of drug-likeness (QED) is 0.0419. The number of amides is 1. The normalized spacial score (nSPS) is 17.4. The van der Waals surface area contributed by atoms with E-state index in [0.29, 0.717) is 67.8 Å². The fourth-order valence-electron chi connectivity index (χ4n) is 18.8. The van der Waals surface area contributed by atoms with Crippen molar-refractivity contribution in [3.63, 3.8) is 0 Å². The van der Waals surface area contributed by atoms with Crippen molar-refractivity contribution in [3.8, 4) is 74.0 Å². The maximum absolute atomic E-state index is 12.5. The molecule has 16 aromatic rings. The van der Waals surface area contributed by atoms with Gasteiger partial charge in [0.1, 0.15) is 30.5 Å². The highest BCUT2D eigenvalue weighted by Crippen LogP contribution is 2.40. The molecule has 10 aromatic heterocycles. The highest BCUT2D eigenvalue weighted by molar-refractivity contribution is 5.98. The number of carbonyl (C=O) groups is 1. The molecule has 710 valence electrons. The van der Waals surface area contributed by atoms with Crippen LogP contribution in [0.25, 0.3) is 67.6 Å². The van der Waals surface area contributed by atoms with E-state index in [0.717, 1.165) is 298 Å². The third-order valence-corrected chi connectivity index (χ3v) is 26.1. The number of imidazole rings is 4. The third-order valence-electron chi connectivity index (χ3n) is 26.1. The Labute approximate surface area is 801 Å². The zero-order valence-corrected chi connectivity index (χ0v) is 77.0. The highest BCUT2D eigenvalue weighted by atomic mass is 16.5. The van der Waals surface area contributed by atoms with Crippen LogP contribution in [0.15, 0.2) is 226 Å². The molecule has 0 radical (unpaired) electrons. The summed E-state index contributed by atoms with van der Waals surface area (Å²) in [6, 6.07) is 47.6. The molecule has 1 amide bonds. The first-order valence-corrected chi connectivity index (χ1v) is 47.5. The summed E-state index contributed by atoms with van der Waals surface area (Å²) in [5, 5.41) is 29.7. The number of pyridine rings is 2. The van der Waals surface area contributed by atoms with Crippen LogP contribution in [0.3, 0.4) is 0 Å². The van der Waals surface area contributed by atoms with Crippen LogP contribution in [-0.2, 0) is 38.3 Å². The van der Waals surface area contributed by atoms with Crippen molar-refractivity contribution in [2.75, 3.05) is 206 Å². The molecule has 5 fully saturated rings. The van der Waals surface area contributed by atoms with E-state index in [-0.39, 0.29) is 18.6 Å². The second-order valence-corrected chi connectivity index (χ2v) is 35.0. The molecule has 7 N–H and O–H groups in total. The Kier molecular flexibility index (Phi) is 26.2. The minimum absolute atomic E-state index is 0.0221. The Hall–Kier alpha value is -15.3. The van der Waals surface area contributed by atoms with E-state index < -0.39 is 0 Å². The molecular weight excluding hydrogens is 1760 g/mol. The van der Waals surface area contributed by atoms with Gasteiger partial charge in [-0.25, -0.2) is 49.8 Å². The number of nitrogens with one attached hydrogen (secondary N) is 6. The predicted octanol–water partition coefficient (Wildman–Crippen LogP) is 13.0. The van der Waals surface area contributed by atoms with Gasteiger partial charge in [0.25, 0.3) is 5.91 Å². The topological polar surface area (TPSA) is 355 Å². The van der Waals surface area contributed by atoms with E-state index in [4.69, 9.17) is 62.6 Å². The zero-order chi connectivity index (χ0) is 93.3. The fraction of sp³-hybridized carbons (Fsp3) is 0.311. The maximum Gasteiger partial charge on any atom is 0.255 e. The van der Waals surface area contributed by atoms with Crippen molar-refractivity contribution in [3.05, 3.63) is 249 Å². The molecule has 36 heteroatoms. The summed E-state index contributed by atoms with van der Waals surface area (Å²) in [4.78, 5) is 70.9. The number of benzene rings is 6. The van der Waals surface area contributed by atoms with Crippen LogP contribution in [0, 0.1) is 0 Å². The monoisotopic (exact) mass is 1870 g/mol. The number of piperazine rings is 1. The number of aliphatic hydroxyl groups excluding tert-OH is 1. The van der Waals surface area contributed by atoms with Gasteiger partial charge in [-0.2, -0.15) is 0 Å². The number of fused-ring (bicyclic) bond motifs is 9. The first-order valence-electron chi connectivity index (χ1n) is 47.5. The molecule has 0 bridgehead atoms. The number of methoxy groups -OCH3 is 1. The molecule has 0 aliphatic carbocycles. The largest absolute Gasteiger partial charge is 0.495 e. The lowest BCUT2D eigenvalue weighted by molar-refractivity contribution is -0.0117. The smallest absolute Gasteiger partial charge is 0.255 e. The van der Waals surface area contributed by atoms with Gasteiger partial charge in [0.2, 0.25) is 11.8 Å². The maximum atomic E-state index is 12.5. The molecule has 6 aromatic carbocycles. The molecule has 0 spiro atoms. The van der Waals surface area contributed by atoms with E-state index in [1.54, 1.807) is 31.9 Å². The summed E-state index contributed by atoms with van der Waals surface area (Å²) in [5.74, 6) is 6.36. The van der Waals surface area contributed by atoms with E-state index in [9.17, 15) is 9.90 Å². The van der Waals surface area contributed by atoms with Gasteiger partial charge >= 0.3 is 0 Å². The molecule has 9 aliphatic rings. The molecule has 0 saturated carbocycles. The van der Waals surface area contributed by atoms with Gasteiger partial charge in [0.05, 0.1) is 132 Å². The summed E-state index contributed by atoms with van der Waals surface area (Å²) in [7, 11) is 1.72. The van der Waals surface area contributed by atoms with Crippen LogP contribution in [0.2, 0.25) is 0 Å². The summed E-state index contributed by atoms with van der Waals surface area (Å²) in [6.07, 6.45) is 30.2.